The molecular formula is C12H12N2O5SV. The first-order chi connectivity index (χ1) is 8.75. The van der Waals surface area contributed by atoms with Crippen molar-refractivity contribution < 1.29 is 41.6 Å². The third kappa shape index (κ3) is 10.1. The van der Waals surface area contributed by atoms with E-state index in [1.54, 1.807) is 0 Å². The molecule has 111 valence electrons. The predicted octanol–water partition coefficient (Wildman–Crippen LogP) is 1.30. The number of hydrogen-bond donors (Lipinski definition) is 0. The van der Waals surface area contributed by atoms with Gasteiger partial charge < -0.3 is 14.6 Å². The Balaban J connectivity index is 0. The van der Waals surface area contributed by atoms with Crippen molar-refractivity contribution in [3.8, 4) is 11.4 Å². The van der Waals surface area contributed by atoms with E-state index < -0.39 is 10.4 Å². The van der Waals surface area contributed by atoms with Gasteiger partial charge in [-0.15, -0.1) is 0 Å². The zero-order valence-electron chi connectivity index (χ0n) is 11.3. The van der Waals surface area contributed by atoms with Gasteiger partial charge in [-0.05, 0) is 49.2 Å². The number of rotatable bonds is 1. The molecule has 0 atom stereocenters. The molecule has 2 heterocycles. The first kappa shape index (κ1) is 22.0. The first-order valence-electron chi connectivity index (χ1n) is 5.28. The molecular weight excluding hydrogens is 335 g/mol. The molecule has 0 fully saturated rings. The van der Waals surface area contributed by atoms with Gasteiger partial charge >= 0.3 is 18.6 Å². The minimum atomic E-state index is -5.17. The molecule has 9 heteroatoms. The summed E-state index contributed by atoms with van der Waals surface area (Å²) in [5.74, 6) is 0. The van der Waals surface area contributed by atoms with Gasteiger partial charge in [0.05, 0.1) is 11.4 Å². The van der Waals surface area contributed by atoms with Crippen LogP contribution in [0.1, 0.15) is 11.1 Å². The van der Waals surface area contributed by atoms with Crippen LogP contribution in [0.4, 0.5) is 0 Å². The summed E-state index contributed by atoms with van der Waals surface area (Å²) in [5.41, 5.74) is 4.29. The average Bonchev–Trinajstić information content (AvgIpc) is 2.27. The van der Waals surface area contributed by atoms with Gasteiger partial charge in [-0.2, -0.15) is 0 Å². The van der Waals surface area contributed by atoms with Crippen LogP contribution in [0.2, 0.25) is 0 Å². The summed E-state index contributed by atoms with van der Waals surface area (Å²) in [6.07, 6.45) is 3.63. The maximum atomic E-state index is 8.52. The quantitative estimate of drug-likeness (QED) is 0.563. The second-order valence-electron chi connectivity index (χ2n) is 3.85. The van der Waals surface area contributed by atoms with Gasteiger partial charge in [0.1, 0.15) is 0 Å². The Kier molecular flexibility index (Phi) is 10.1. The number of pyridine rings is 2. The molecule has 2 aromatic rings. The van der Waals surface area contributed by atoms with Gasteiger partial charge in [-0.3, -0.25) is 18.4 Å². The number of aryl methyl sites for hydroxylation is 2. The largest absolute Gasteiger partial charge is 4.00 e. The van der Waals surface area contributed by atoms with Gasteiger partial charge in [-0.1, -0.05) is 0 Å². The van der Waals surface area contributed by atoms with Crippen molar-refractivity contribution in [1.82, 2.24) is 9.97 Å². The van der Waals surface area contributed by atoms with Crippen LogP contribution in [0.15, 0.2) is 36.7 Å². The zero-order valence-corrected chi connectivity index (χ0v) is 13.5. The molecule has 0 spiro atoms. The van der Waals surface area contributed by atoms with Crippen molar-refractivity contribution in [3.05, 3.63) is 47.8 Å². The van der Waals surface area contributed by atoms with E-state index in [-0.39, 0.29) is 24.0 Å². The van der Waals surface area contributed by atoms with Gasteiger partial charge in [0.25, 0.3) is 0 Å². The van der Waals surface area contributed by atoms with E-state index >= 15 is 0 Å². The molecule has 0 aromatic carbocycles. The van der Waals surface area contributed by atoms with E-state index in [9.17, 15) is 0 Å². The molecule has 0 unspecified atom stereocenters. The standard InChI is InChI=1S/C12H12N2.H2O4S.O.V/c1-9-3-5-13-11(7-9)12-8-10(2)4-6-14-12;1-5(2,3)4;;/h3-8H,1-2H3;(H2,1,2,3,4);;/q;;-2;+4/p-2. The Labute approximate surface area is 135 Å². The summed E-state index contributed by atoms with van der Waals surface area (Å²) in [7, 11) is -5.17. The Morgan fingerprint density at radius 2 is 1.19 bits per heavy atom. The second-order valence-corrected chi connectivity index (χ2v) is 4.66. The van der Waals surface area contributed by atoms with E-state index in [4.69, 9.17) is 17.5 Å². The van der Waals surface area contributed by atoms with Crippen LogP contribution >= 0.6 is 0 Å². The molecule has 2 rings (SSSR count). The zero-order chi connectivity index (χ0) is 14.5. The SMILES string of the molecule is Cc1ccnc(-c2cc(C)ccn2)c1.O=S(=O)([O-])[O-].[O-2].[V+4]. The fraction of sp³-hybridized carbons (Fsp3) is 0.167. The monoisotopic (exact) mass is 347 g/mol. The van der Waals surface area contributed by atoms with Gasteiger partial charge in [0, 0.05) is 22.8 Å². The summed E-state index contributed by atoms with van der Waals surface area (Å²) < 4.78 is 34.1. The van der Waals surface area contributed by atoms with E-state index in [0.717, 1.165) is 11.4 Å². The van der Waals surface area contributed by atoms with E-state index in [0.29, 0.717) is 0 Å². The van der Waals surface area contributed by atoms with Crippen LogP contribution in [-0.2, 0) is 34.4 Å². The third-order valence-corrected chi connectivity index (χ3v) is 2.09. The summed E-state index contributed by atoms with van der Waals surface area (Å²) in [5, 5.41) is 0. The van der Waals surface area contributed by atoms with Crippen molar-refractivity contribution in [1.29, 1.82) is 0 Å². The van der Waals surface area contributed by atoms with Gasteiger partial charge in [0.2, 0.25) is 0 Å². The minimum absolute atomic E-state index is 0. The van der Waals surface area contributed by atoms with Crippen LogP contribution in [0.5, 0.6) is 0 Å². The molecule has 0 saturated heterocycles. The van der Waals surface area contributed by atoms with Crippen molar-refractivity contribution >= 4 is 10.4 Å². The molecule has 21 heavy (non-hydrogen) atoms. The van der Waals surface area contributed by atoms with Crippen molar-refractivity contribution in [2.75, 3.05) is 0 Å². The molecule has 7 nitrogen and oxygen atoms in total. The van der Waals surface area contributed by atoms with Gasteiger partial charge in [0.15, 0.2) is 0 Å². The summed E-state index contributed by atoms with van der Waals surface area (Å²) >= 11 is 0. The van der Waals surface area contributed by atoms with Crippen LogP contribution in [-0.4, -0.2) is 27.5 Å². The smallest absolute Gasteiger partial charge is 2.00 e. The maximum absolute atomic E-state index is 8.52. The Morgan fingerprint density at radius 3 is 1.43 bits per heavy atom. The van der Waals surface area contributed by atoms with Crippen molar-refractivity contribution in [2.45, 2.75) is 13.8 Å². The normalized spacial score (nSPS) is 9.52. The fourth-order valence-electron chi connectivity index (χ4n) is 1.35. The van der Waals surface area contributed by atoms with Crippen LogP contribution in [0.3, 0.4) is 0 Å². The minimum Gasteiger partial charge on any atom is -2.00 e. The van der Waals surface area contributed by atoms with Crippen LogP contribution < -0.4 is 0 Å². The molecule has 0 aliphatic carbocycles. The van der Waals surface area contributed by atoms with E-state index in [2.05, 4.69) is 23.8 Å². The Bertz CT molecular complexity index is 613. The van der Waals surface area contributed by atoms with Crippen molar-refractivity contribution in [3.63, 3.8) is 0 Å². The fourth-order valence-corrected chi connectivity index (χ4v) is 1.35. The van der Waals surface area contributed by atoms with Crippen molar-refractivity contribution in [2.24, 2.45) is 0 Å². The Hall–Kier alpha value is -1.29. The Morgan fingerprint density at radius 1 is 0.905 bits per heavy atom. The summed E-state index contributed by atoms with van der Waals surface area (Å²) in [6, 6.07) is 8.06. The van der Waals surface area contributed by atoms with E-state index in [1.165, 1.54) is 11.1 Å². The molecule has 1 radical (unpaired) electrons. The molecule has 0 aliphatic heterocycles. The number of nitrogens with zero attached hydrogens (tertiary/aromatic N) is 2. The first-order valence-corrected chi connectivity index (χ1v) is 6.61. The molecule has 0 N–H and O–H groups in total. The molecule has 0 bridgehead atoms. The predicted molar refractivity (Wildman–Crippen MR) is 68.1 cm³/mol. The average molecular weight is 347 g/mol. The van der Waals surface area contributed by atoms with Crippen LogP contribution in [0.25, 0.3) is 11.4 Å². The number of hydrogen-bond acceptors (Lipinski definition) is 6. The molecule has 2 aromatic heterocycles. The summed E-state index contributed by atoms with van der Waals surface area (Å²) in [6.45, 7) is 4.11. The topological polar surface area (TPSA) is 135 Å². The molecule has 0 aliphatic rings. The maximum Gasteiger partial charge on any atom is 4.00 e. The summed E-state index contributed by atoms with van der Waals surface area (Å²) in [4.78, 5) is 8.58. The molecule has 0 amide bonds. The second kappa shape index (κ2) is 9.61. The molecule has 0 saturated carbocycles. The van der Waals surface area contributed by atoms with E-state index in [1.807, 2.05) is 36.7 Å². The number of aromatic nitrogens is 2. The van der Waals surface area contributed by atoms with Crippen LogP contribution in [0, 0.1) is 13.8 Å². The third-order valence-electron chi connectivity index (χ3n) is 2.09. The van der Waals surface area contributed by atoms with Gasteiger partial charge in [-0.25, -0.2) is 0 Å².